The molecule has 1 N–H and O–H groups in total. The Hall–Kier alpha value is -2.73. The maximum atomic E-state index is 12.0. The number of carbonyl (C=O) groups is 2. The number of hydrogen-bond donors (Lipinski definition) is 1. The van der Waals surface area contributed by atoms with Crippen molar-refractivity contribution in [2.75, 3.05) is 11.9 Å². The smallest absolute Gasteiger partial charge is 0.310 e. The van der Waals surface area contributed by atoms with E-state index in [0.717, 1.165) is 20.9 Å². The Morgan fingerprint density at radius 1 is 1.04 bits per heavy atom. The molecule has 0 aliphatic rings. The van der Waals surface area contributed by atoms with Crippen molar-refractivity contribution in [1.82, 2.24) is 4.98 Å². The first kappa shape index (κ1) is 17.1. The fraction of sp³-hybridized carbons (Fsp3) is 0.105. The van der Waals surface area contributed by atoms with Crippen molar-refractivity contribution >= 4 is 44.4 Å². The minimum Gasteiger partial charge on any atom is -0.455 e. The van der Waals surface area contributed by atoms with Crippen LogP contribution in [0.4, 0.5) is 5.69 Å². The number of aromatic nitrogens is 1. The number of carbonyl (C=O) groups excluding carboxylic acids is 2. The molecule has 0 fully saturated rings. The van der Waals surface area contributed by atoms with Crippen molar-refractivity contribution in [2.45, 2.75) is 6.42 Å². The minimum absolute atomic E-state index is 0.0694. The molecule has 3 rings (SSSR count). The van der Waals surface area contributed by atoms with Gasteiger partial charge in [0.15, 0.2) is 6.61 Å². The highest BCUT2D eigenvalue weighted by atomic mass is 79.9. The maximum absolute atomic E-state index is 12.0. The first-order chi connectivity index (χ1) is 12.1. The second-order valence-corrected chi connectivity index (χ2v) is 6.30. The maximum Gasteiger partial charge on any atom is 0.310 e. The summed E-state index contributed by atoms with van der Waals surface area (Å²) in [5.41, 5.74) is 2.18. The van der Waals surface area contributed by atoms with Crippen LogP contribution in [0.25, 0.3) is 10.9 Å². The van der Waals surface area contributed by atoms with E-state index in [0.29, 0.717) is 5.69 Å². The Bertz CT molecular complexity index is 905. The number of benzene rings is 2. The van der Waals surface area contributed by atoms with Crippen LogP contribution in [0.1, 0.15) is 5.56 Å². The van der Waals surface area contributed by atoms with Gasteiger partial charge in [-0.1, -0.05) is 40.2 Å². The molecule has 0 saturated carbocycles. The van der Waals surface area contributed by atoms with E-state index in [2.05, 4.69) is 26.2 Å². The van der Waals surface area contributed by atoms with Crippen LogP contribution in [0.2, 0.25) is 0 Å². The largest absolute Gasteiger partial charge is 0.455 e. The van der Waals surface area contributed by atoms with Crippen LogP contribution < -0.4 is 5.32 Å². The third-order valence-electron chi connectivity index (χ3n) is 3.54. The zero-order valence-corrected chi connectivity index (χ0v) is 14.8. The summed E-state index contributed by atoms with van der Waals surface area (Å²) in [6.07, 6.45) is 1.75. The number of amides is 1. The molecule has 1 amide bonds. The second kappa shape index (κ2) is 7.90. The van der Waals surface area contributed by atoms with Crippen molar-refractivity contribution in [2.24, 2.45) is 0 Å². The van der Waals surface area contributed by atoms with E-state index < -0.39 is 5.97 Å². The lowest BCUT2D eigenvalue weighted by Gasteiger charge is -2.08. The normalized spacial score (nSPS) is 10.4. The monoisotopic (exact) mass is 398 g/mol. The molecule has 0 aliphatic heterocycles. The molecular weight excluding hydrogens is 384 g/mol. The number of fused-ring (bicyclic) bond motifs is 1. The van der Waals surface area contributed by atoms with Gasteiger partial charge in [-0.05, 0) is 35.9 Å². The first-order valence-corrected chi connectivity index (χ1v) is 8.45. The topological polar surface area (TPSA) is 68.3 Å². The third-order valence-corrected chi connectivity index (χ3v) is 4.07. The molecule has 6 heteroatoms. The lowest BCUT2D eigenvalue weighted by Crippen LogP contribution is -2.21. The summed E-state index contributed by atoms with van der Waals surface area (Å²) in [6.45, 7) is -0.326. The molecule has 5 nitrogen and oxygen atoms in total. The number of halogens is 1. The first-order valence-electron chi connectivity index (χ1n) is 7.65. The van der Waals surface area contributed by atoms with Crippen LogP contribution in [-0.2, 0) is 20.7 Å². The van der Waals surface area contributed by atoms with E-state index in [1.165, 1.54) is 0 Å². The Kier molecular flexibility index (Phi) is 5.40. The van der Waals surface area contributed by atoms with Crippen molar-refractivity contribution < 1.29 is 14.3 Å². The predicted molar refractivity (Wildman–Crippen MR) is 99.2 cm³/mol. The highest BCUT2D eigenvalue weighted by Gasteiger charge is 2.11. The Labute approximate surface area is 153 Å². The molecule has 0 unspecified atom stereocenters. The summed E-state index contributed by atoms with van der Waals surface area (Å²) in [6, 6.07) is 16.6. The fourth-order valence-corrected chi connectivity index (χ4v) is 2.66. The van der Waals surface area contributed by atoms with Crippen LogP contribution >= 0.6 is 15.9 Å². The van der Waals surface area contributed by atoms with Crippen LogP contribution in [-0.4, -0.2) is 23.5 Å². The number of nitrogens with one attached hydrogen (secondary N) is 1. The van der Waals surface area contributed by atoms with Gasteiger partial charge in [0, 0.05) is 21.7 Å². The molecule has 3 aromatic rings. The summed E-state index contributed by atoms with van der Waals surface area (Å²) >= 11 is 3.32. The quantitative estimate of drug-likeness (QED) is 0.664. The van der Waals surface area contributed by atoms with Crippen molar-refractivity contribution in [1.29, 1.82) is 0 Å². The van der Waals surface area contributed by atoms with E-state index in [-0.39, 0.29) is 18.9 Å². The van der Waals surface area contributed by atoms with Gasteiger partial charge in [-0.2, -0.15) is 0 Å². The number of pyridine rings is 1. The third kappa shape index (κ3) is 4.64. The van der Waals surface area contributed by atoms with Gasteiger partial charge in [0.05, 0.1) is 11.9 Å². The molecule has 0 spiro atoms. The van der Waals surface area contributed by atoms with Gasteiger partial charge in [-0.25, -0.2) is 0 Å². The molecule has 0 aliphatic carbocycles. The zero-order chi connectivity index (χ0) is 17.6. The molecule has 1 heterocycles. The lowest BCUT2D eigenvalue weighted by molar-refractivity contribution is -0.146. The van der Waals surface area contributed by atoms with Crippen LogP contribution in [0.5, 0.6) is 0 Å². The summed E-state index contributed by atoms with van der Waals surface area (Å²) in [5, 5.41) is 3.63. The molecule has 0 radical (unpaired) electrons. The molecule has 25 heavy (non-hydrogen) atoms. The van der Waals surface area contributed by atoms with Crippen molar-refractivity contribution in [3.8, 4) is 0 Å². The molecule has 0 atom stereocenters. The van der Waals surface area contributed by atoms with Gasteiger partial charge in [-0.15, -0.1) is 0 Å². The summed E-state index contributed by atoms with van der Waals surface area (Å²) in [7, 11) is 0. The number of ether oxygens (including phenoxy) is 1. The summed E-state index contributed by atoms with van der Waals surface area (Å²) in [5.74, 6) is -0.851. The highest BCUT2D eigenvalue weighted by molar-refractivity contribution is 9.10. The average Bonchev–Trinajstić information content (AvgIpc) is 2.62. The van der Waals surface area contributed by atoms with Gasteiger partial charge >= 0.3 is 5.97 Å². The minimum atomic E-state index is -0.468. The molecule has 0 saturated heterocycles. The van der Waals surface area contributed by atoms with Gasteiger partial charge in [0.25, 0.3) is 5.91 Å². The Morgan fingerprint density at radius 3 is 2.60 bits per heavy atom. The van der Waals surface area contributed by atoms with Gasteiger partial charge < -0.3 is 10.1 Å². The lowest BCUT2D eigenvalue weighted by atomic mass is 10.1. The summed E-state index contributed by atoms with van der Waals surface area (Å²) in [4.78, 5) is 28.2. The highest BCUT2D eigenvalue weighted by Crippen LogP contribution is 2.17. The van der Waals surface area contributed by atoms with Crippen LogP contribution in [0, 0.1) is 0 Å². The number of nitrogens with zero attached hydrogens (tertiary/aromatic N) is 1. The van der Waals surface area contributed by atoms with Crippen LogP contribution in [0.15, 0.2) is 65.3 Å². The molecule has 2 aromatic carbocycles. The standard InChI is InChI=1S/C19H15BrN2O3/c20-15-6-8-16(9-7-15)22-17(23)12-25-18(24)11-14-4-1-3-13-5-2-10-21-19(13)14/h1-10H,11-12H2,(H,22,23). The van der Waals surface area contributed by atoms with Gasteiger partial charge in [0.1, 0.15) is 0 Å². The van der Waals surface area contributed by atoms with E-state index >= 15 is 0 Å². The van der Waals surface area contributed by atoms with E-state index in [9.17, 15) is 9.59 Å². The zero-order valence-electron chi connectivity index (χ0n) is 13.2. The number of anilines is 1. The van der Waals surface area contributed by atoms with Gasteiger partial charge in [0.2, 0.25) is 0 Å². The Morgan fingerprint density at radius 2 is 1.80 bits per heavy atom. The predicted octanol–water partition coefficient (Wildman–Crippen LogP) is 3.72. The van der Waals surface area contributed by atoms with E-state index in [1.54, 1.807) is 18.3 Å². The average molecular weight is 399 g/mol. The number of esters is 1. The fourth-order valence-electron chi connectivity index (χ4n) is 2.39. The van der Waals surface area contributed by atoms with Gasteiger partial charge in [-0.3, -0.25) is 14.6 Å². The second-order valence-electron chi connectivity index (χ2n) is 5.38. The van der Waals surface area contributed by atoms with E-state index in [1.807, 2.05) is 42.5 Å². The van der Waals surface area contributed by atoms with Crippen molar-refractivity contribution in [3.63, 3.8) is 0 Å². The molecule has 0 bridgehead atoms. The Balaban J connectivity index is 1.55. The number of hydrogen-bond acceptors (Lipinski definition) is 4. The molecule has 126 valence electrons. The molecule has 1 aromatic heterocycles. The SMILES string of the molecule is O=C(COC(=O)Cc1cccc2cccnc12)Nc1ccc(Br)cc1. The number of para-hydroxylation sites is 1. The summed E-state index contributed by atoms with van der Waals surface area (Å²) < 4.78 is 5.98. The molecular formula is C19H15BrN2O3. The van der Waals surface area contributed by atoms with Crippen LogP contribution in [0.3, 0.4) is 0 Å². The number of rotatable bonds is 5. The van der Waals surface area contributed by atoms with Crippen molar-refractivity contribution in [3.05, 3.63) is 70.8 Å². The van der Waals surface area contributed by atoms with E-state index in [4.69, 9.17) is 4.74 Å².